The van der Waals surface area contributed by atoms with E-state index in [1.165, 1.54) is 10.9 Å². The van der Waals surface area contributed by atoms with E-state index in [2.05, 4.69) is 36.2 Å². The third kappa shape index (κ3) is 2.56. The van der Waals surface area contributed by atoms with Crippen LogP contribution in [0.25, 0.3) is 17.1 Å². The maximum atomic E-state index is 8.85. The first-order valence-electron chi connectivity index (χ1n) is 6.30. The van der Waals surface area contributed by atoms with Crippen molar-refractivity contribution in [3.8, 4) is 17.1 Å². The number of hydrogen-bond donors (Lipinski definition) is 2. The van der Waals surface area contributed by atoms with Crippen LogP contribution in [0.1, 0.15) is 5.69 Å². The van der Waals surface area contributed by atoms with Gasteiger partial charge in [-0.25, -0.2) is 9.97 Å². The van der Waals surface area contributed by atoms with Crippen LogP contribution in [-0.2, 0) is 0 Å². The van der Waals surface area contributed by atoms with E-state index in [0.29, 0.717) is 23.0 Å². The second-order valence-corrected chi connectivity index (χ2v) is 5.27. The van der Waals surface area contributed by atoms with Gasteiger partial charge in [-0.15, -0.1) is 0 Å². The molecule has 110 valence electrons. The Labute approximate surface area is 134 Å². The highest BCUT2D eigenvalue weighted by molar-refractivity contribution is 9.10. The Morgan fingerprint density at radius 3 is 2.50 bits per heavy atom. The van der Waals surface area contributed by atoms with Crippen molar-refractivity contribution in [2.24, 2.45) is 5.16 Å². The summed E-state index contributed by atoms with van der Waals surface area (Å²) in [6.45, 7) is 0. The van der Waals surface area contributed by atoms with Gasteiger partial charge in [0.25, 0.3) is 5.95 Å². The lowest BCUT2D eigenvalue weighted by Crippen LogP contribution is -2.06. The van der Waals surface area contributed by atoms with Gasteiger partial charge in [-0.05, 0) is 23.8 Å². The van der Waals surface area contributed by atoms with Crippen LogP contribution in [0.15, 0.2) is 52.4 Å². The summed E-state index contributed by atoms with van der Waals surface area (Å²) in [7, 11) is 0. The molecule has 0 aliphatic carbocycles. The molecule has 1 aromatic carbocycles. The highest BCUT2D eigenvalue weighted by atomic mass is 79.9. The molecule has 0 bridgehead atoms. The molecule has 3 N–H and O–H groups in total. The fourth-order valence-electron chi connectivity index (χ4n) is 2.06. The number of nitrogens with two attached hydrogens (primary N) is 1. The molecule has 0 saturated heterocycles. The molecular formula is C14H11BrN6O. The van der Waals surface area contributed by atoms with Crippen molar-refractivity contribution in [1.82, 2.24) is 19.7 Å². The van der Waals surface area contributed by atoms with Crippen molar-refractivity contribution in [2.75, 3.05) is 5.73 Å². The monoisotopic (exact) mass is 358 g/mol. The van der Waals surface area contributed by atoms with Crippen molar-refractivity contribution in [3.05, 3.63) is 52.9 Å². The molecule has 3 aromatic rings. The van der Waals surface area contributed by atoms with Crippen LogP contribution < -0.4 is 5.73 Å². The lowest BCUT2D eigenvalue weighted by Gasteiger charge is -2.03. The summed E-state index contributed by atoms with van der Waals surface area (Å²) in [5.74, 6) is 0.708. The molecule has 0 amide bonds. The quantitative estimate of drug-likeness (QED) is 0.425. The second-order valence-electron chi connectivity index (χ2n) is 4.36. The smallest absolute Gasteiger partial charge is 0.252 e. The maximum Gasteiger partial charge on any atom is 0.252 e. The molecular weight excluding hydrogens is 348 g/mol. The SMILES string of the molecule is Nc1c(-c2ccc(Br)cc2)c(C=NO)nn1-c1ncccn1. The molecule has 0 aliphatic rings. The molecule has 0 spiro atoms. The molecule has 0 radical (unpaired) electrons. The average molecular weight is 359 g/mol. The van der Waals surface area contributed by atoms with Gasteiger partial charge in [0.15, 0.2) is 0 Å². The first kappa shape index (κ1) is 14.2. The van der Waals surface area contributed by atoms with E-state index in [1.54, 1.807) is 18.5 Å². The van der Waals surface area contributed by atoms with Crippen LogP contribution in [0.2, 0.25) is 0 Å². The Bertz CT molecular complexity index is 813. The molecule has 3 rings (SSSR count). The van der Waals surface area contributed by atoms with E-state index >= 15 is 0 Å². The molecule has 0 fully saturated rings. The Morgan fingerprint density at radius 1 is 1.18 bits per heavy atom. The van der Waals surface area contributed by atoms with Crippen molar-refractivity contribution in [1.29, 1.82) is 0 Å². The van der Waals surface area contributed by atoms with Crippen molar-refractivity contribution in [2.45, 2.75) is 0 Å². The third-order valence-corrected chi connectivity index (χ3v) is 3.53. The number of halogens is 1. The third-order valence-electron chi connectivity index (χ3n) is 3.00. The fourth-order valence-corrected chi connectivity index (χ4v) is 2.32. The number of nitrogens with zero attached hydrogens (tertiary/aromatic N) is 5. The number of oxime groups is 1. The molecule has 2 heterocycles. The van der Waals surface area contributed by atoms with Gasteiger partial charge in [0.1, 0.15) is 11.5 Å². The summed E-state index contributed by atoms with van der Waals surface area (Å²) in [6, 6.07) is 9.27. The lowest BCUT2D eigenvalue weighted by molar-refractivity contribution is 0.321. The maximum absolute atomic E-state index is 8.85. The van der Waals surface area contributed by atoms with E-state index in [9.17, 15) is 0 Å². The van der Waals surface area contributed by atoms with Crippen LogP contribution in [0.4, 0.5) is 5.82 Å². The van der Waals surface area contributed by atoms with Crippen LogP contribution in [0.5, 0.6) is 0 Å². The standard InChI is InChI=1S/C14H11BrN6O/c15-10-4-2-9(3-5-10)12-11(8-19-22)20-21(13(12)16)14-17-6-1-7-18-14/h1-8,22H,16H2. The van der Waals surface area contributed by atoms with E-state index < -0.39 is 0 Å². The second kappa shape index (κ2) is 5.94. The molecule has 0 atom stereocenters. The summed E-state index contributed by atoms with van der Waals surface area (Å²) >= 11 is 3.39. The van der Waals surface area contributed by atoms with E-state index in [0.717, 1.165) is 10.0 Å². The van der Waals surface area contributed by atoms with Crippen molar-refractivity contribution in [3.63, 3.8) is 0 Å². The predicted octanol–water partition coefficient (Wildman–Crippen LogP) is 2.48. The van der Waals surface area contributed by atoms with Gasteiger partial charge in [0, 0.05) is 16.9 Å². The first-order valence-corrected chi connectivity index (χ1v) is 7.09. The van der Waals surface area contributed by atoms with Crippen LogP contribution in [0, 0.1) is 0 Å². The van der Waals surface area contributed by atoms with Gasteiger partial charge in [-0.2, -0.15) is 9.78 Å². The Morgan fingerprint density at radius 2 is 1.86 bits per heavy atom. The molecule has 0 unspecified atom stereocenters. The summed E-state index contributed by atoms with van der Waals surface area (Å²) in [5.41, 5.74) is 8.12. The van der Waals surface area contributed by atoms with Gasteiger partial charge < -0.3 is 10.9 Å². The number of anilines is 1. The van der Waals surface area contributed by atoms with Gasteiger partial charge in [-0.3, -0.25) is 0 Å². The van der Waals surface area contributed by atoms with Gasteiger partial charge in [-0.1, -0.05) is 33.2 Å². The highest BCUT2D eigenvalue weighted by Gasteiger charge is 2.18. The van der Waals surface area contributed by atoms with E-state index in [4.69, 9.17) is 10.9 Å². The van der Waals surface area contributed by atoms with E-state index in [1.807, 2.05) is 24.3 Å². The van der Waals surface area contributed by atoms with Crippen molar-refractivity contribution < 1.29 is 5.21 Å². The number of benzene rings is 1. The average Bonchev–Trinajstić information content (AvgIpc) is 2.86. The predicted molar refractivity (Wildman–Crippen MR) is 86.1 cm³/mol. The number of nitrogen functional groups attached to an aromatic ring is 1. The molecule has 0 aliphatic heterocycles. The summed E-state index contributed by atoms with van der Waals surface area (Å²) in [4.78, 5) is 8.25. The Kier molecular flexibility index (Phi) is 3.84. The minimum Gasteiger partial charge on any atom is -0.411 e. The van der Waals surface area contributed by atoms with Crippen LogP contribution in [0.3, 0.4) is 0 Å². The van der Waals surface area contributed by atoms with Gasteiger partial charge in [0.2, 0.25) is 0 Å². The zero-order valence-corrected chi connectivity index (χ0v) is 12.8. The largest absolute Gasteiger partial charge is 0.411 e. The topological polar surface area (TPSA) is 102 Å². The number of rotatable bonds is 3. The molecule has 2 aromatic heterocycles. The minimum absolute atomic E-state index is 0.343. The number of hydrogen-bond acceptors (Lipinski definition) is 6. The van der Waals surface area contributed by atoms with Crippen molar-refractivity contribution >= 4 is 28.0 Å². The first-order chi connectivity index (χ1) is 10.7. The zero-order chi connectivity index (χ0) is 15.5. The summed E-state index contributed by atoms with van der Waals surface area (Å²) < 4.78 is 2.36. The summed E-state index contributed by atoms with van der Waals surface area (Å²) in [5, 5.41) is 16.2. The lowest BCUT2D eigenvalue weighted by atomic mass is 10.1. The Balaban J connectivity index is 2.20. The number of aromatic nitrogens is 4. The Hall–Kier alpha value is -2.74. The van der Waals surface area contributed by atoms with Crippen LogP contribution >= 0.6 is 15.9 Å². The van der Waals surface area contributed by atoms with Gasteiger partial charge in [0.05, 0.1) is 11.8 Å². The zero-order valence-electron chi connectivity index (χ0n) is 11.3. The molecule has 7 nitrogen and oxygen atoms in total. The molecule has 22 heavy (non-hydrogen) atoms. The van der Waals surface area contributed by atoms with Crippen LogP contribution in [-0.4, -0.2) is 31.2 Å². The van der Waals surface area contributed by atoms with E-state index in [-0.39, 0.29) is 0 Å². The molecule has 8 heteroatoms. The normalized spacial score (nSPS) is 11.1. The summed E-state index contributed by atoms with van der Waals surface area (Å²) in [6.07, 6.45) is 4.43. The minimum atomic E-state index is 0.343. The molecule has 0 saturated carbocycles. The highest BCUT2D eigenvalue weighted by Crippen LogP contribution is 2.31. The van der Waals surface area contributed by atoms with Gasteiger partial charge >= 0.3 is 0 Å². The fraction of sp³-hybridized carbons (Fsp3) is 0.